The lowest BCUT2D eigenvalue weighted by Crippen LogP contribution is -2.45. The molecule has 0 spiro atoms. The summed E-state index contributed by atoms with van der Waals surface area (Å²) >= 11 is 0. The lowest BCUT2D eigenvalue weighted by molar-refractivity contribution is 0.245. The van der Waals surface area contributed by atoms with E-state index in [1.54, 1.807) is 0 Å². The van der Waals surface area contributed by atoms with Crippen LogP contribution in [0.15, 0.2) is 60.9 Å². The monoisotopic (exact) mass is 619 g/mol. The lowest BCUT2D eigenvalue weighted by atomic mass is 9.97. The fraction of sp³-hybridized carbons (Fsp3) is 0.400. The van der Waals surface area contributed by atoms with Gasteiger partial charge in [-0.2, -0.15) is 4.98 Å². The quantitative estimate of drug-likeness (QED) is 0.116. The third kappa shape index (κ3) is 9.50. The van der Waals surface area contributed by atoms with Gasteiger partial charge in [0.25, 0.3) is 0 Å². The molecule has 0 aliphatic carbocycles. The van der Waals surface area contributed by atoms with Crippen LogP contribution in [0.5, 0.6) is 0 Å². The van der Waals surface area contributed by atoms with E-state index in [1.165, 1.54) is 0 Å². The Balaban J connectivity index is 0.00000345. The van der Waals surface area contributed by atoms with Crippen LogP contribution in [0.1, 0.15) is 64.7 Å². The summed E-state index contributed by atoms with van der Waals surface area (Å²) in [7, 11) is 0. The maximum Gasteiger partial charge on any atom is 0.328 e. The molecule has 3 rings (SSSR count). The van der Waals surface area contributed by atoms with Crippen molar-refractivity contribution in [1.29, 1.82) is 0 Å². The van der Waals surface area contributed by atoms with E-state index in [0.717, 1.165) is 59.8 Å². The molecule has 0 bridgehead atoms. The van der Waals surface area contributed by atoms with Crippen molar-refractivity contribution in [3.05, 3.63) is 77.6 Å². The van der Waals surface area contributed by atoms with Crippen molar-refractivity contribution in [2.75, 3.05) is 36.4 Å². The molecule has 2 aromatic rings. The van der Waals surface area contributed by atoms with Gasteiger partial charge in [0.1, 0.15) is 11.5 Å². The lowest BCUT2D eigenvalue weighted by Gasteiger charge is -2.31. The zero-order valence-electron chi connectivity index (χ0n) is 27.7. The average molecular weight is 620 g/mol. The first-order chi connectivity index (χ1) is 21.5. The number of halogens is 2. The fourth-order valence-electron chi connectivity index (χ4n) is 4.85. The van der Waals surface area contributed by atoms with Gasteiger partial charge in [0.05, 0.1) is 12.2 Å². The zero-order valence-corrected chi connectivity index (χ0v) is 27.7. The number of anilines is 2. The van der Waals surface area contributed by atoms with Gasteiger partial charge < -0.3 is 16.0 Å². The van der Waals surface area contributed by atoms with Crippen molar-refractivity contribution in [3.8, 4) is 23.6 Å². The van der Waals surface area contributed by atoms with Gasteiger partial charge in [-0.25, -0.2) is 23.5 Å². The first kappa shape index (κ1) is 36.7. The molecule has 0 radical (unpaired) electrons. The van der Waals surface area contributed by atoms with Gasteiger partial charge in [-0.1, -0.05) is 51.5 Å². The molecular formula is C35H47F2N7O. The summed E-state index contributed by atoms with van der Waals surface area (Å²) in [6, 6.07) is 5.33. The highest BCUT2D eigenvalue weighted by Crippen LogP contribution is 2.38. The smallest absolute Gasteiger partial charge is 0.328 e. The van der Waals surface area contributed by atoms with Crippen molar-refractivity contribution in [3.63, 3.8) is 0 Å². The van der Waals surface area contributed by atoms with Crippen LogP contribution in [0.2, 0.25) is 0 Å². The average Bonchev–Trinajstić information content (AvgIpc) is 2.99. The zero-order chi connectivity index (χ0) is 33.7. The molecule has 1 aliphatic rings. The number of carbonyl (C=O) groups excluding carboxylic acids is 1. The van der Waals surface area contributed by atoms with Gasteiger partial charge in [0.15, 0.2) is 11.6 Å². The second kappa shape index (κ2) is 17.7. The van der Waals surface area contributed by atoms with E-state index in [2.05, 4.69) is 51.8 Å². The number of fused-ring (bicyclic) bond motifs is 1. The molecule has 0 fully saturated rings. The van der Waals surface area contributed by atoms with E-state index in [1.807, 2.05) is 58.9 Å². The Morgan fingerprint density at radius 1 is 1.27 bits per heavy atom. The number of carbonyl (C=O) groups is 1. The molecule has 8 nitrogen and oxygen atoms in total. The number of nitrogens with one attached hydrogen (secondary N) is 3. The number of amides is 2. The fourth-order valence-corrected chi connectivity index (χ4v) is 4.85. The summed E-state index contributed by atoms with van der Waals surface area (Å²) in [6.45, 7) is 24.0. The number of urea groups is 1. The third-order valence-electron chi connectivity index (χ3n) is 6.75. The molecule has 3 N–H and O–H groups in total. The highest BCUT2D eigenvalue weighted by atomic mass is 19.1. The molecule has 1 aliphatic heterocycles. The van der Waals surface area contributed by atoms with E-state index >= 15 is 4.39 Å². The van der Waals surface area contributed by atoms with Gasteiger partial charge in [0.2, 0.25) is 5.95 Å². The molecule has 2 heterocycles. The minimum absolute atomic E-state index is 0.0534. The highest BCUT2D eigenvalue weighted by Gasteiger charge is 2.35. The second-order valence-corrected chi connectivity index (χ2v) is 10.6. The van der Waals surface area contributed by atoms with E-state index in [-0.39, 0.29) is 24.4 Å². The number of terminal acetylenes is 1. The summed E-state index contributed by atoms with van der Waals surface area (Å²) in [5, 5.41) is 9.30. The molecule has 242 valence electrons. The number of allylic oxidation sites excluding steroid dienone is 3. The van der Waals surface area contributed by atoms with Crippen LogP contribution in [0, 0.1) is 19.3 Å². The summed E-state index contributed by atoms with van der Waals surface area (Å²) in [5.41, 5.74) is 3.67. The summed E-state index contributed by atoms with van der Waals surface area (Å²) in [5.74, 6) is 0.321. The number of hydrogen-bond donors (Lipinski definition) is 3. The maximum absolute atomic E-state index is 15.2. The van der Waals surface area contributed by atoms with E-state index in [0.29, 0.717) is 24.3 Å². The SMILES string of the molecule is C#C/C=C(F)\C(=C(/C)F)N1C(=O)NCc2c(-c3cc(C(=C)NC(C)C)ccc3C)nc(NCCN(CC=C)CCC)nc21.CC. The Kier molecular flexibility index (Phi) is 14.4. The molecule has 10 heteroatoms. The van der Waals surface area contributed by atoms with Crippen LogP contribution >= 0.6 is 0 Å². The van der Waals surface area contributed by atoms with Gasteiger partial charge >= 0.3 is 6.03 Å². The number of aryl methyl sites for hydroxylation is 1. The van der Waals surface area contributed by atoms with Crippen molar-refractivity contribution in [2.45, 2.75) is 67.5 Å². The predicted molar refractivity (Wildman–Crippen MR) is 183 cm³/mol. The van der Waals surface area contributed by atoms with Crippen molar-refractivity contribution >= 4 is 23.5 Å². The van der Waals surface area contributed by atoms with Crippen LogP contribution in [0.4, 0.5) is 25.3 Å². The molecule has 0 unspecified atom stereocenters. The summed E-state index contributed by atoms with van der Waals surface area (Å²) in [6.07, 6.45) is 8.87. The predicted octanol–water partition coefficient (Wildman–Crippen LogP) is 7.47. The van der Waals surface area contributed by atoms with Gasteiger partial charge in [-0.3, -0.25) is 4.90 Å². The molecule has 45 heavy (non-hydrogen) atoms. The van der Waals surface area contributed by atoms with Crippen LogP contribution in [0.25, 0.3) is 17.0 Å². The molecule has 1 aromatic carbocycles. The molecule has 1 aromatic heterocycles. The standard InChI is InChI=1S/C33H41F2N7O.C2H6/c1-9-12-28(35)30(23(7)34)42-31-27(20-37-33(42)43)29(26-19-25(14-13-22(26)6)24(8)38-21(4)5)39-32(40-31)36-15-18-41(16-10-2)17-11-3;1-2/h1,10,12-14,19,21,38H,2,8,11,15-18,20H2,3-7H3,(H,37,43)(H,36,39,40);1-2H3/b28-12+,30-23-;. The minimum Gasteiger partial charge on any atom is -0.383 e. The molecular weight excluding hydrogens is 572 g/mol. The van der Waals surface area contributed by atoms with Crippen LogP contribution in [-0.2, 0) is 6.54 Å². The minimum atomic E-state index is -1.07. The summed E-state index contributed by atoms with van der Waals surface area (Å²) in [4.78, 5) is 25.8. The molecule has 0 saturated carbocycles. The second-order valence-electron chi connectivity index (χ2n) is 10.6. The third-order valence-corrected chi connectivity index (χ3v) is 6.75. The summed E-state index contributed by atoms with van der Waals surface area (Å²) < 4.78 is 30.0. The number of nitrogens with zero attached hydrogens (tertiary/aromatic N) is 4. The maximum atomic E-state index is 15.2. The first-order valence-corrected chi connectivity index (χ1v) is 15.3. The molecule has 2 amide bonds. The van der Waals surface area contributed by atoms with E-state index in [9.17, 15) is 9.18 Å². The van der Waals surface area contributed by atoms with E-state index in [4.69, 9.17) is 11.4 Å². The van der Waals surface area contributed by atoms with Crippen molar-refractivity contribution < 1.29 is 13.6 Å². The normalized spacial score (nSPS) is 13.2. The Hall–Kier alpha value is -4.49. The van der Waals surface area contributed by atoms with Crippen molar-refractivity contribution in [2.24, 2.45) is 0 Å². The number of rotatable bonds is 14. The van der Waals surface area contributed by atoms with Crippen LogP contribution in [0.3, 0.4) is 0 Å². The van der Waals surface area contributed by atoms with E-state index < -0.39 is 23.4 Å². The van der Waals surface area contributed by atoms with Crippen molar-refractivity contribution in [1.82, 2.24) is 25.5 Å². The topological polar surface area (TPSA) is 85.4 Å². The Morgan fingerprint density at radius 3 is 2.58 bits per heavy atom. The number of aromatic nitrogens is 2. The Labute approximate surface area is 267 Å². The van der Waals surface area contributed by atoms with Gasteiger partial charge in [-0.15, -0.1) is 13.0 Å². The molecule has 0 saturated heterocycles. The molecule has 0 atom stereocenters. The van der Waals surface area contributed by atoms with Crippen LogP contribution < -0.4 is 20.9 Å². The van der Waals surface area contributed by atoms with Gasteiger partial charge in [-0.05, 0) is 57.9 Å². The largest absolute Gasteiger partial charge is 0.383 e. The Morgan fingerprint density at radius 2 is 1.98 bits per heavy atom. The van der Waals surface area contributed by atoms with Gasteiger partial charge in [0, 0.05) is 48.6 Å². The van der Waals surface area contributed by atoms with Crippen LogP contribution in [-0.4, -0.2) is 53.1 Å². The first-order valence-electron chi connectivity index (χ1n) is 15.3. The highest BCUT2D eigenvalue weighted by molar-refractivity contribution is 5.99. The number of hydrogen-bond acceptors (Lipinski definition) is 6. The number of benzene rings is 1. The Bertz CT molecular complexity index is 1470.